The van der Waals surface area contributed by atoms with Gasteiger partial charge in [-0.15, -0.1) is 11.6 Å². The molecule has 1 amide bonds. The molecule has 16 heavy (non-hydrogen) atoms. The normalized spacial score (nSPS) is 10.2. The molecular weight excluding hydrogens is 357 g/mol. The van der Waals surface area contributed by atoms with Crippen molar-refractivity contribution in [2.24, 2.45) is 0 Å². The molecule has 0 spiro atoms. The summed E-state index contributed by atoms with van der Waals surface area (Å²) in [5.74, 6) is 0.446. The lowest BCUT2D eigenvalue weighted by Crippen LogP contribution is -2.32. The number of amides is 1. The molecule has 0 saturated heterocycles. The van der Waals surface area contributed by atoms with E-state index < -0.39 is 0 Å². The number of hydrogen-bond acceptors (Lipinski definition) is 1. The second-order valence-corrected chi connectivity index (χ2v) is 5.35. The second kappa shape index (κ2) is 6.62. The number of hydrogen-bond donors (Lipinski definition) is 0. The van der Waals surface area contributed by atoms with Gasteiger partial charge < -0.3 is 4.90 Å². The lowest BCUT2D eigenvalue weighted by Gasteiger charge is -2.20. The smallest absolute Gasteiger partial charge is 0.255 e. The molecule has 2 nitrogen and oxygen atoms in total. The molecule has 88 valence electrons. The van der Waals surface area contributed by atoms with E-state index in [1.54, 1.807) is 4.90 Å². The van der Waals surface area contributed by atoms with E-state index in [2.05, 4.69) is 31.9 Å². The molecule has 0 aliphatic heterocycles. The van der Waals surface area contributed by atoms with Crippen LogP contribution in [0.2, 0.25) is 0 Å². The average Bonchev–Trinajstić information content (AvgIpc) is 2.28. The monoisotopic (exact) mass is 367 g/mol. The van der Waals surface area contributed by atoms with E-state index in [9.17, 15) is 4.79 Å². The van der Waals surface area contributed by atoms with Crippen LogP contribution in [0.5, 0.6) is 0 Å². The summed E-state index contributed by atoms with van der Waals surface area (Å²) in [6, 6.07) is 5.55. The van der Waals surface area contributed by atoms with Crippen LogP contribution in [0.3, 0.4) is 0 Å². The third-order valence-electron chi connectivity index (χ3n) is 2.18. The fourth-order valence-corrected chi connectivity index (χ4v) is 2.32. The Labute approximate surface area is 117 Å². The van der Waals surface area contributed by atoms with Crippen LogP contribution >= 0.6 is 43.5 Å². The standard InChI is InChI=1S/C11H12Br2ClNO/c1-2-15(6-5-14)11(16)9-7-8(12)3-4-10(9)13/h3-4,7H,2,5-6H2,1H3. The first-order valence-electron chi connectivity index (χ1n) is 4.90. The molecule has 0 unspecified atom stereocenters. The van der Waals surface area contributed by atoms with Crippen molar-refractivity contribution in [3.05, 3.63) is 32.7 Å². The maximum Gasteiger partial charge on any atom is 0.255 e. The first-order valence-corrected chi connectivity index (χ1v) is 7.02. The zero-order valence-electron chi connectivity index (χ0n) is 8.84. The third-order valence-corrected chi connectivity index (χ3v) is 3.54. The number of halogens is 3. The first-order chi connectivity index (χ1) is 7.60. The Balaban J connectivity index is 2.98. The maximum atomic E-state index is 12.2. The van der Waals surface area contributed by atoms with Crippen molar-refractivity contribution in [2.45, 2.75) is 6.92 Å². The highest BCUT2D eigenvalue weighted by Crippen LogP contribution is 2.22. The van der Waals surface area contributed by atoms with Crippen LogP contribution in [-0.2, 0) is 0 Å². The van der Waals surface area contributed by atoms with Gasteiger partial charge in [-0.05, 0) is 41.1 Å². The highest BCUT2D eigenvalue weighted by molar-refractivity contribution is 9.11. The summed E-state index contributed by atoms with van der Waals surface area (Å²) in [6.45, 7) is 3.16. The highest BCUT2D eigenvalue weighted by atomic mass is 79.9. The first kappa shape index (κ1) is 14.0. The van der Waals surface area contributed by atoms with Gasteiger partial charge in [0.2, 0.25) is 0 Å². The van der Waals surface area contributed by atoms with Gasteiger partial charge in [-0.1, -0.05) is 15.9 Å². The van der Waals surface area contributed by atoms with Crippen molar-refractivity contribution in [1.29, 1.82) is 0 Å². The molecule has 0 atom stereocenters. The fourth-order valence-electron chi connectivity index (χ4n) is 1.34. The minimum absolute atomic E-state index is 0.00340. The summed E-state index contributed by atoms with van der Waals surface area (Å²) in [6.07, 6.45) is 0. The van der Waals surface area contributed by atoms with Crippen LogP contribution in [-0.4, -0.2) is 29.8 Å². The number of benzene rings is 1. The third kappa shape index (κ3) is 3.47. The van der Waals surface area contributed by atoms with Gasteiger partial charge in [-0.25, -0.2) is 0 Å². The summed E-state index contributed by atoms with van der Waals surface area (Å²) in [4.78, 5) is 13.9. The number of carbonyl (C=O) groups excluding carboxylic acids is 1. The summed E-state index contributed by atoms with van der Waals surface area (Å²) in [5.41, 5.74) is 0.654. The predicted octanol–water partition coefficient (Wildman–Crippen LogP) is 3.91. The predicted molar refractivity (Wildman–Crippen MR) is 74.1 cm³/mol. The molecule has 0 saturated carbocycles. The van der Waals surface area contributed by atoms with E-state index in [0.29, 0.717) is 24.5 Å². The Morgan fingerprint density at radius 3 is 2.69 bits per heavy atom. The van der Waals surface area contributed by atoms with Crippen LogP contribution < -0.4 is 0 Å². The van der Waals surface area contributed by atoms with Gasteiger partial charge in [0, 0.05) is 27.9 Å². The Bertz CT molecular complexity index is 384. The molecule has 0 bridgehead atoms. The van der Waals surface area contributed by atoms with Crippen molar-refractivity contribution in [2.75, 3.05) is 19.0 Å². The quantitative estimate of drug-likeness (QED) is 0.737. The van der Waals surface area contributed by atoms with Crippen molar-refractivity contribution in [3.63, 3.8) is 0 Å². The van der Waals surface area contributed by atoms with Gasteiger partial charge in [0.15, 0.2) is 0 Å². The van der Waals surface area contributed by atoms with Gasteiger partial charge in [-0.3, -0.25) is 4.79 Å². The second-order valence-electron chi connectivity index (χ2n) is 3.20. The number of rotatable bonds is 4. The van der Waals surface area contributed by atoms with E-state index in [1.807, 2.05) is 25.1 Å². The molecule has 0 fully saturated rings. The Morgan fingerprint density at radius 1 is 1.44 bits per heavy atom. The summed E-state index contributed by atoms with van der Waals surface area (Å²) >= 11 is 12.4. The zero-order chi connectivity index (χ0) is 12.1. The van der Waals surface area contributed by atoms with E-state index >= 15 is 0 Å². The van der Waals surface area contributed by atoms with Crippen molar-refractivity contribution < 1.29 is 4.79 Å². The van der Waals surface area contributed by atoms with Gasteiger partial charge in [-0.2, -0.15) is 0 Å². The van der Waals surface area contributed by atoms with Gasteiger partial charge >= 0.3 is 0 Å². The summed E-state index contributed by atoms with van der Waals surface area (Å²) in [7, 11) is 0. The highest BCUT2D eigenvalue weighted by Gasteiger charge is 2.16. The van der Waals surface area contributed by atoms with E-state index in [4.69, 9.17) is 11.6 Å². The van der Waals surface area contributed by atoms with Crippen LogP contribution in [0.15, 0.2) is 27.1 Å². The van der Waals surface area contributed by atoms with E-state index in [0.717, 1.165) is 8.95 Å². The molecular formula is C11H12Br2ClNO. The van der Waals surface area contributed by atoms with Crippen LogP contribution in [0.4, 0.5) is 0 Å². The molecule has 0 N–H and O–H groups in total. The molecule has 0 aliphatic carbocycles. The molecule has 0 radical (unpaired) electrons. The Kier molecular flexibility index (Phi) is 5.79. The molecule has 1 aromatic carbocycles. The summed E-state index contributed by atoms with van der Waals surface area (Å²) < 4.78 is 1.69. The Morgan fingerprint density at radius 2 is 2.12 bits per heavy atom. The number of nitrogens with zero attached hydrogens (tertiary/aromatic N) is 1. The Hall–Kier alpha value is -0.0600. The fraction of sp³-hybridized carbons (Fsp3) is 0.364. The van der Waals surface area contributed by atoms with E-state index in [-0.39, 0.29) is 5.91 Å². The maximum absolute atomic E-state index is 12.2. The molecule has 0 heterocycles. The molecule has 1 rings (SSSR count). The van der Waals surface area contributed by atoms with E-state index in [1.165, 1.54) is 0 Å². The van der Waals surface area contributed by atoms with Gasteiger partial charge in [0.25, 0.3) is 5.91 Å². The molecule has 1 aromatic rings. The molecule has 0 aromatic heterocycles. The van der Waals surface area contributed by atoms with Crippen LogP contribution in [0.25, 0.3) is 0 Å². The van der Waals surface area contributed by atoms with Crippen molar-refractivity contribution in [3.8, 4) is 0 Å². The van der Waals surface area contributed by atoms with Crippen LogP contribution in [0.1, 0.15) is 17.3 Å². The largest absolute Gasteiger partial charge is 0.338 e. The minimum atomic E-state index is -0.00340. The lowest BCUT2D eigenvalue weighted by atomic mass is 10.2. The number of carbonyl (C=O) groups is 1. The van der Waals surface area contributed by atoms with Gasteiger partial charge in [0.1, 0.15) is 0 Å². The summed E-state index contributed by atoms with van der Waals surface area (Å²) in [5, 5.41) is 0. The SMILES string of the molecule is CCN(CCCl)C(=O)c1cc(Br)ccc1Br. The zero-order valence-corrected chi connectivity index (χ0v) is 12.8. The topological polar surface area (TPSA) is 20.3 Å². The molecule has 0 aliphatic rings. The van der Waals surface area contributed by atoms with Crippen molar-refractivity contribution in [1.82, 2.24) is 4.90 Å². The van der Waals surface area contributed by atoms with Gasteiger partial charge in [0.05, 0.1) is 5.56 Å². The average molecular weight is 369 g/mol. The van der Waals surface area contributed by atoms with Crippen molar-refractivity contribution >= 4 is 49.4 Å². The number of alkyl halides is 1. The minimum Gasteiger partial charge on any atom is -0.338 e. The van der Waals surface area contributed by atoms with Crippen LogP contribution in [0, 0.1) is 0 Å². The molecule has 5 heteroatoms. The lowest BCUT2D eigenvalue weighted by molar-refractivity contribution is 0.0773.